The number of aryl methyl sites for hydroxylation is 1. The van der Waals surface area contributed by atoms with Crippen molar-refractivity contribution in [3.63, 3.8) is 0 Å². The largest absolute Gasteiger partial charge is 0.493 e. The molecule has 0 spiro atoms. The van der Waals surface area contributed by atoms with Gasteiger partial charge in [-0.3, -0.25) is 9.69 Å². The number of ether oxygens (including phenoxy) is 2. The number of hydrogen-bond acceptors (Lipinski definition) is 5. The first-order valence-electron chi connectivity index (χ1n) is 9.86. The van der Waals surface area contributed by atoms with Gasteiger partial charge < -0.3 is 9.47 Å². The van der Waals surface area contributed by atoms with Crippen LogP contribution in [0.3, 0.4) is 0 Å². The summed E-state index contributed by atoms with van der Waals surface area (Å²) in [6.07, 6.45) is 1.80. The van der Waals surface area contributed by atoms with Crippen molar-refractivity contribution >= 4 is 57.6 Å². The van der Waals surface area contributed by atoms with Gasteiger partial charge in [0.05, 0.1) is 17.7 Å². The Labute approximate surface area is 201 Å². The number of methoxy groups -OCH3 is 1. The zero-order valence-electron chi connectivity index (χ0n) is 17.5. The summed E-state index contributed by atoms with van der Waals surface area (Å²) in [4.78, 5) is 15.3. The Balaban J connectivity index is 1.65. The topological polar surface area (TPSA) is 38.8 Å². The van der Waals surface area contributed by atoms with Crippen LogP contribution in [0.5, 0.6) is 11.5 Å². The minimum Gasteiger partial charge on any atom is -0.493 e. The lowest BCUT2D eigenvalue weighted by Crippen LogP contribution is -2.28. The van der Waals surface area contributed by atoms with Crippen LogP contribution in [0.25, 0.3) is 6.08 Å². The summed E-state index contributed by atoms with van der Waals surface area (Å²) in [5, 5.41) is 0.669. The van der Waals surface area contributed by atoms with E-state index in [1.807, 2.05) is 73.7 Å². The third-order valence-electron chi connectivity index (χ3n) is 4.96. The molecule has 0 radical (unpaired) electrons. The first-order valence-corrected chi connectivity index (χ1v) is 11.5. The summed E-state index contributed by atoms with van der Waals surface area (Å²) in [6.45, 7) is 2.30. The van der Waals surface area contributed by atoms with E-state index in [1.54, 1.807) is 18.1 Å². The van der Waals surface area contributed by atoms with E-state index in [0.29, 0.717) is 32.4 Å². The van der Waals surface area contributed by atoms with Crippen molar-refractivity contribution in [2.45, 2.75) is 13.5 Å². The van der Waals surface area contributed by atoms with Crippen LogP contribution in [0.1, 0.15) is 16.7 Å². The first kappa shape index (κ1) is 22.4. The molecular formula is C25H20ClNO3S2. The van der Waals surface area contributed by atoms with Crippen LogP contribution in [0.2, 0.25) is 5.02 Å². The van der Waals surface area contributed by atoms with Crippen LogP contribution in [0, 0.1) is 6.92 Å². The van der Waals surface area contributed by atoms with Crippen molar-refractivity contribution in [3.8, 4) is 11.5 Å². The Morgan fingerprint density at radius 2 is 1.81 bits per heavy atom. The second kappa shape index (κ2) is 9.77. The molecule has 0 aliphatic carbocycles. The van der Waals surface area contributed by atoms with Crippen molar-refractivity contribution in [2.75, 3.05) is 12.0 Å². The fourth-order valence-electron chi connectivity index (χ4n) is 3.33. The molecule has 0 saturated carbocycles. The normalized spacial score (nSPS) is 14.8. The number of benzene rings is 3. The summed E-state index contributed by atoms with van der Waals surface area (Å²) in [5.41, 5.74) is 3.49. The fraction of sp³-hybridized carbons (Fsp3) is 0.120. The highest BCUT2D eigenvalue weighted by Crippen LogP contribution is 2.40. The van der Waals surface area contributed by atoms with E-state index in [1.165, 1.54) is 11.8 Å². The lowest BCUT2D eigenvalue weighted by atomic mass is 10.1. The number of carbonyl (C=O) groups excluding carboxylic acids is 1. The average molecular weight is 482 g/mol. The number of nitrogens with zero attached hydrogens (tertiary/aromatic N) is 1. The van der Waals surface area contributed by atoms with Gasteiger partial charge in [0.15, 0.2) is 15.8 Å². The lowest BCUT2D eigenvalue weighted by molar-refractivity contribution is -0.113. The third-order valence-corrected chi connectivity index (χ3v) is 6.52. The smallest absolute Gasteiger partial charge is 0.270 e. The van der Waals surface area contributed by atoms with E-state index in [-0.39, 0.29) is 5.91 Å². The van der Waals surface area contributed by atoms with Crippen molar-refractivity contribution in [2.24, 2.45) is 0 Å². The maximum absolute atomic E-state index is 13.2. The highest BCUT2D eigenvalue weighted by molar-refractivity contribution is 8.27. The van der Waals surface area contributed by atoms with E-state index in [2.05, 4.69) is 0 Å². The van der Waals surface area contributed by atoms with Gasteiger partial charge in [-0.05, 0) is 48.4 Å². The first-order chi connectivity index (χ1) is 15.5. The molecule has 0 atom stereocenters. The van der Waals surface area contributed by atoms with Crippen LogP contribution in [-0.2, 0) is 11.4 Å². The number of hydrogen-bond donors (Lipinski definition) is 0. The van der Waals surface area contributed by atoms with Crippen LogP contribution < -0.4 is 14.4 Å². The van der Waals surface area contributed by atoms with Gasteiger partial charge in [0.2, 0.25) is 0 Å². The number of amides is 1. The molecule has 1 aliphatic heterocycles. The molecule has 4 rings (SSSR count). The Morgan fingerprint density at radius 3 is 2.53 bits per heavy atom. The highest BCUT2D eigenvalue weighted by atomic mass is 35.5. The van der Waals surface area contributed by atoms with Gasteiger partial charge in [0.25, 0.3) is 5.91 Å². The summed E-state index contributed by atoms with van der Waals surface area (Å²) in [7, 11) is 1.59. The number of anilines is 1. The predicted molar refractivity (Wildman–Crippen MR) is 136 cm³/mol. The van der Waals surface area contributed by atoms with E-state index in [0.717, 1.165) is 22.4 Å². The van der Waals surface area contributed by atoms with Crippen LogP contribution in [-0.4, -0.2) is 17.3 Å². The third kappa shape index (κ3) is 4.67. The lowest BCUT2D eigenvalue weighted by Gasteiger charge is -2.17. The molecule has 0 N–H and O–H groups in total. The highest BCUT2D eigenvalue weighted by Gasteiger charge is 2.34. The SMILES string of the molecule is COc1cccc(/C=C2/SC(=S)N(c3ccccc3C)C2=O)c1OCc1ccc(Cl)cc1. The molecule has 1 fully saturated rings. The van der Waals surface area contributed by atoms with E-state index >= 15 is 0 Å². The van der Waals surface area contributed by atoms with Gasteiger partial charge in [-0.2, -0.15) is 0 Å². The van der Waals surface area contributed by atoms with Gasteiger partial charge in [-0.25, -0.2) is 0 Å². The Hall–Kier alpha value is -2.80. The van der Waals surface area contributed by atoms with Crippen LogP contribution in [0.15, 0.2) is 71.6 Å². The molecule has 3 aromatic rings. The van der Waals surface area contributed by atoms with E-state index in [9.17, 15) is 4.79 Å². The predicted octanol–water partition coefficient (Wildman–Crippen LogP) is 6.64. The van der Waals surface area contributed by atoms with Crippen molar-refractivity contribution in [1.29, 1.82) is 0 Å². The van der Waals surface area contributed by atoms with Crippen LogP contribution in [0.4, 0.5) is 5.69 Å². The van der Waals surface area contributed by atoms with Crippen LogP contribution >= 0.6 is 35.6 Å². The van der Waals surface area contributed by atoms with Crippen molar-refractivity contribution in [3.05, 3.63) is 93.3 Å². The molecule has 1 amide bonds. The zero-order chi connectivity index (χ0) is 22.7. The number of carbonyl (C=O) groups is 1. The Morgan fingerprint density at radius 1 is 1.06 bits per heavy atom. The maximum Gasteiger partial charge on any atom is 0.270 e. The quantitative estimate of drug-likeness (QED) is 0.291. The van der Waals surface area contributed by atoms with Gasteiger partial charge in [-0.1, -0.05) is 78.0 Å². The average Bonchev–Trinajstić information content (AvgIpc) is 3.07. The Bertz CT molecular complexity index is 1210. The molecule has 1 saturated heterocycles. The summed E-state index contributed by atoms with van der Waals surface area (Å²) < 4.78 is 12.1. The minimum absolute atomic E-state index is 0.152. The summed E-state index contributed by atoms with van der Waals surface area (Å²) >= 11 is 12.8. The number of halogens is 1. The van der Waals surface area contributed by atoms with E-state index < -0.39 is 0 Å². The minimum atomic E-state index is -0.152. The van der Waals surface area contributed by atoms with E-state index in [4.69, 9.17) is 33.3 Å². The summed E-state index contributed by atoms with van der Waals surface area (Å²) in [6, 6.07) is 20.7. The number of para-hydroxylation sites is 2. The number of thiocarbonyl (C=S) groups is 1. The molecule has 1 aliphatic rings. The molecule has 32 heavy (non-hydrogen) atoms. The molecule has 4 nitrogen and oxygen atoms in total. The molecule has 1 heterocycles. The molecule has 0 bridgehead atoms. The number of thioether (sulfide) groups is 1. The molecule has 0 aromatic heterocycles. The molecule has 162 valence electrons. The monoisotopic (exact) mass is 481 g/mol. The van der Waals surface area contributed by atoms with Gasteiger partial charge in [-0.15, -0.1) is 0 Å². The molecule has 3 aromatic carbocycles. The van der Waals surface area contributed by atoms with Gasteiger partial charge >= 0.3 is 0 Å². The fourth-order valence-corrected chi connectivity index (χ4v) is 4.73. The summed E-state index contributed by atoms with van der Waals surface area (Å²) in [5.74, 6) is 0.994. The van der Waals surface area contributed by atoms with Gasteiger partial charge in [0, 0.05) is 10.6 Å². The molecule has 7 heteroatoms. The molecule has 0 unspecified atom stereocenters. The zero-order valence-corrected chi connectivity index (χ0v) is 19.9. The Kier molecular flexibility index (Phi) is 6.84. The molecular weight excluding hydrogens is 462 g/mol. The number of rotatable bonds is 6. The standard InChI is InChI=1S/C25H20ClNO3S2/c1-16-6-3-4-8-20(16)27-24(28)22(32-25(27)31)14-18-7-5-9-21(29-2)23(18)30-15-17-10-12-19(26)13-11-17/h3-14H,15H2,1-2H3/b22-14+. The second-order valence-corrected chi connectivity index (χ2v) is 9.21. The van der Waals surface area contributed by atoms with Crippen molar-refractivity contribution < 1.29 is 14.3 Å². The maximum atomic E-state index is 13.2. The van der Waals surface area contributed by atoms with Crippen molar-refractivity contribution in [1.82, 2.24) is 0 Å². The van der Waals surface area contributed by atoms with Gasteiger partial charge in [0.1, 0.15) is 6.61 Å². The second-order valence-electron chi connectivity index (χ2n) is 7.10.